The maximum Gasteiger partial charge on any atom is 0.324 e. The highest BCUT2D eigenvalue weighted by Crippen LogP contribution is 1.94. The van der Waals surface area contributed by atoms with E-state index < -0.39 is 27.9 Å². The van der Waals surface area contributed by atoms with Crippen LogP contribution in [0.1, 0.15) is 19.8 Å². The topological polar surface area (TPSA) is 107 Å². The largest absolute Gasteiger partial charge is 0.465 e. The summed E-state index contributed by atoms with van der Waals surface area (Å²) >= 11 is 0. The number of ether oxygens (including phenoxy) is 1. The highest BCUT2D eigenvalue weighted by Gasteiger charge is 2.21. The first-order valence-electron chi connectivity index (χ1n) is 4.24. The summed E-state index contributed by atoms with van der Waals surface area (Å²) in [6.45, 7) is 2.14. The van der Waals surface area contributed by atoms with Gasteiger partial charge in [0.15, 0.2) is 0 Å². The molecule has 0 aliphatic carbocycles. The number of unbranched alkanes of at least 4 members (excludes halogenated alkanes) is 1. The molecule has 0 amide bonds. The Morgan fingerprint density at radius 3 is 2.57 bits per heavy atom. The number of carbonyl (C=O) groups excluding carboxylic acids is 1. The predicted octanol–water partition coefficient (Wildman–Crippen LogP) is -0.455. The molecule has 0 aromatic rings. The maximum absolute atomic E-state index is 11.0. The van der Waals surface area contributed by atoms with E-state index in [1.165, 1.54) is 0 Å². The lowest BCUT2D eigenvalue weighted by Gasteiger charge is -2.09. The van der Waals surface area contributed by atoms with Gasteiger partial charge in [0.05, 0.1) is 6.61 Å². The van der Waals surface area contributed by atoms with Crippen LogP contribution in [0.4, 0.5) is 0 Å². The number of esters is 1. The number of rotatable bonds is 6. The third kappa shape index (κ3) is 6.81. The molecule has 0 aliphatic rings. The van der Waals surface area contributed by atoms with Crippen LogP contribution in [0.2, 0.25) is 0 Å². The second-order valence-corrected chi connectivity index (χ2v) is 4.37. The van der Waals surface area contributed by atoms with Crippen LogP contribution in [-0.4, -0.2) is 37.3 Å². The fourth-order valence-electron chi connectivity index (χ4n) is 0.719. The third-order valence-electron chi connectivity index (χ3n) is 1.44. The molecule has 14 heavy (non-hydrogen) atoms. The molecule has 7 heteroatoms. The normalized spacial score (nSPS) is 13.6. The Labute approximate surface area is 83.2 Å². The number of hydrogen-bond donors (Lipinski definition) is 2. The first-order chi connectivity index (χ1) is 6.37. The van der Waals surface area contributed by atoms with Crippen molar-refractivity contribution in [3.05, 3.63) is 0 Å². The van der Waals surface area contributed by atoms with E-state index in [4.69, 9.17) is 10.3 Å². The molecule has 6 nitrogen and oxygen atoms in total. The van der Waals surface area contributed by atoms with Crippen molar-refractivity contribution in [2.75, 3.05) is 12.4 Å². The monoisotopic (exact) mass is 225 g/mol. The van der Waals surface area contributed by atoms with E-state index in [0.29, 0.717) is 6.42 Å². The van der Waals surface area contributed by atoms with E-state index in [-0.39, 0.29) is 6.61 Å². The van der Waals surface area contributed by atoms with Crippen LogP contribution in [0.15, 0.2) is 0 Å². The van der Waals surface area contributed by atoms with Crippen molar-refractivity contribution in [1.82, 2.24) is 0 Å². The Kier molecular flexibility index (Phi) is 5.66. The minimum absolute atomic E-state index is 0.217. The predicted molar refractivity (Wildman–Crippen MR) is 50.3 cm³/mol. The fourth-order valence-corrected chi connectivity index (χ4v) is 1.31. The first-order valence-corrected chi connectivity index (χ1v) is 5.85. The summed E-state index contributed by atoms with van der Waals surface area (Å²) < 4.78 is 33.7. The van der Waals surface area contributed by atoms with Crippen LogP contribution in [-0.2, 0) is 19.6 Å². The molecule has 0 fully saturated rings. The van der Waals surface area contributed by atoms with Crippen molar-refractivity contribution in [3.8, 4) is 0 Å². The maximum atomic E-state index is 11.0. The van der Waals surface area contributed by atoms with E-state index >= 15 is 0 Å². The van der Waals surface area contributed by atoms with Crippen LogP contribution in [0, 0.1) is 0 Å². The zero-order valence-electron chi connectivity index (χ0n) is 7.97. The molecule has 0 radical (unpaired) electrons. The van der Waals surface area contributed by atoms with Crippen LogP contribution >= 0.6 is 0 Å². The second-order valence-electron chi connectivity index (χ2n) is 2.88. The summed E-state index contributed by atoms with van der Waals surface area (Å²) in [7, 11) is -4.22. The summed E-state index contributed by atoms with van der Waals surface area (Å²) in [6, 6.07) is -1.32. The van der Waals surface area contributed by atoms with E-state index in [9.17, 15) is 13.2 Å². The minimum atomic E-state index is -4.22. The molecule has 0 aliphatic heterocycles. The lowest BCUT2D eigenvalue weighted by Crippen LogP contribution is -2.38. The lowest BCUT2D eigenvalue weighted by atomic mass is 10.3. The van der Waals surface area contributed by atoms with Gasteiger partial charge in [-0.05, 0) is 6.42 Å². The van der Waals surface area contributed by atoms with Gasteiger partial charge in [-0.15, -0.1) is 0 Å². The highest BCUT2D eigenvalue weighted by atomic mass is 32.2. The zero-order chi connectivity index (χ0) is 11.2. The van der Waals surface area contributed by atoms with Crippen molar-refractivity contribution in [3.63, 3.8) is 0 Å². The van der Waals surface area contributed by atoms with Crippen molar-refractivity contribution in [2.45, 2.75) is 25.8 Å². The summed E-state index contributed by atoms with van der Waals surface area (Å²) in [4.78, 5) is 11.0. The molecule has 0 saturated carbocycles. The van der Waals surface area contributed by atoms with E-state index in [2.05, 4.69) is 4.74 Å². The average Bonchev–Trinajstić information content (AvgIpc) is 2.01. The Balaban J connectivity index is 3.88. The molecule has 1 unspecified atom stereocenters. The van der Waals surface area contributed by atoms with Gasteiger partial charge in [0.2, 0.25) is 0 Å². The summed E-state index contributed by atoms with van der Waals surface area (Å²) in [5, 5.41) is 0. The van der Waals surface area contributed by atoms with Gasteiger partial charge in [-0.2, -0.15) is 8.42 Å². The van der Waals surface area contributed by atoms with Gasteiger partial charge in [-0.25, -0.2) is 0 Å². The highest BCUT2D eigenvalue weighted by molar-refractivity contribution is 7.85. The lowest BCUT2D eigenvalue weighted by molar-refractivity contribution is -0.144. The van der Waals surface area contributed by atoms with Gasteiger partial charge in [-0.1, -0.05) is 13.3 Å². The van der Waals surface area contributed by atoms with E-state index in [0.717, 1.165) is 6.42 Å². The van der Waals surface area contributed by atoms with Gasteiger partial charge in [-0.3, -0.25) is 9.35 Å². The summed E-state index contributed by atoms with van der Waals surface area (Å²) in [6.07, 6.45) is 1.56. The fraction of sp³-hybridized carbons (Fsp3) is 0.857. The molecule has 0 bridgehead atoms. The zero-order valence-corrected chi connectivity index (χ0v) is 8.79. The third-order valence-corrected chi connectivity index (χ3v) is 2.22. The van der Waals surface area contributed by atoms with E-state index in [1.807, 2.05) is 6.92 Å². The summed E-state index contributed by atoms with van der Waals surface area (Å²) in [5.41, 5.74) is 5.17. The molecule has 0 rings (SSSR count). The molecule has 0 aromatic heterocycles. The first kappa shape index (κ1) is 13.3. The quantitative estimate of drug-likeness (QED) is 0.360. The van der Waals surface area contributed by atoms with Gasteiger partial charge in [0, 0.05) is 0 Å². The Hall–Kier alpha value is -0.660. The molecule has 0 aromatic carbocycles. The van der Waals surface area contributed by atoms with Gasteiger partial charge >= 0.3 is 5.97 Å². The Bertz CT molecular complexity index is 274. The SMILES string of the molecule is CCCCOC(=O)C(N)CS(=O)(=O)O. The van der Waals surface area contributed by atoms with Crippen molar-refractivity contribution in [2.24, 2.45) is 5.73 Å². The molecule has 0 heterocycles. The second kappa shape index (κ2) is 5.94. The molecule has 0 spiro atoms. The number of nitrogens with two attached hydrogens (primary N) is 1. The summed E-state index contributed by atoms with van der Waals surface area (Å²) in [5.74, 6) is -1.62. The van der Waals surface area contributed by atoms with Crippen LogP contribution in [0.25, 0.3) is 0 Å². The van der Waals surface area contributed by atoms with Crippen LogP contribution in [0.3, 0.4) is 0 Å². The van der Waals surface area contributed by atoms with Crippen molar-refractivity contribution < 1.29 is 22.5 Å². The molecular formula is C7H15NO5S. The average molecular weight is 225 g/mol. The minimum Gasteiger partial charge on any atom is -0.465 e. The van der Waals surface area contributed by atoms with Crippen molar-refractivity contribution >= 4 is 16.1 Å². The smallest absolute Gasteiger partial charge is 0.324 e. The number of hydrogen-bond acceptors (Lipinski definition) is 5. The van der Waals surface area contributed by atoms with Crippen molar-refractivity contribution in [1.29, 1.82) is 0 Å². The molecular weight excluding hydrogens is 210 g/mol. The van der Waals surface area contributed by atoms with Gasteiger partial charge < -0.3 is 10.5 Å². The Morgan fingerprint density at radius 2 is 2.14 bits per heavy atom. The molecule has 0 saturated heterocycles. The van der Waals surface area contributed by atoms with Gasteiger partial charge in [0.25, 0.3) is 10.1 Å². The Morgan fingerprint density at radius 1 is 1.57 bits per heavy atom. The standard InChI is InChI=1S/C7H15NO5S/c1-2-3-4-13-7(9)6(8)5-14(10,11)12/h6H,2-5,8H2,1H3,(H,10,11,12). The molecule has 3 N–H and O–H groups in total. The van der Waals surface area contributed by atoms with Crippen LogP contribution in [0.5, 0.6) is 0 Å². The molecule has 1 atom stereocenters. The van der Waals surface area contributed by atoms with Crippen LogP contribution < -0.4 is 5.73 Å². The molecule has 84 valence electrons. The van der Waals surface area contributed by atoms with Gasteiger partial charge in [0.1, 0.15) is 11.8 Å². The van der Waals surface area contributed by atoms with E-state index in [1.54, 1.807) is 0 Å². The number of carbonyl (C=O) groups is 1.